The molecule has 0 radical (unpaired) electrons. The highest BCUT2D eigenvalue weighted by atomic mass is 127. The van der Waals surface area contributed by atoms with Crippen LogP contribution in [-0.2, 0) is 4.74 Å². The monoisotopic (exact) mass is 371 g/mol. The summed E-state index contributed by atoms with van der Waals surface area (Å²) in [6.45, 7) is 9.11. The molecule has 0 aromatic rings. The van der Waals surface area contributed by atoms with E-state index < -0.39 is 0 Å². The van der Waals surface area contributed by atoms with Gasteiger partial charge in [-0.2, -0.15) is 0 Å². The molecule has 1 unspecified atom stereocenters. The van der Waals surface area contributed by atoms with E-state index in [1.165, 1.54) is 6.42 Å². The van der Waals surface area contributed by atoms with Gasteiger partial charge in [0.15, 0.2) is 5.96 Å². The highest BCUT2D eigenvalue weighted by Gasteiger charge is 2.01. The molecule has 0 aliphatic heterocycles. The summed E-state index contributed by atoms with van der Waals surface area (Å²) in [5.74, 6) is 0.882. The van der Waals surface area contributed by atoms with Crippen LogP contribution in [0.5, 0.6) is 0 Å². The molecule has 5 heteroatoms. The molecule has 0 aromatic carbocycles. The van der Waals surface area contributed by atoms with Gasteiger partial charge < -0.3 is 15.4 Å². The number of nitrogens with zero attached hydrogens (tertiary/aromatic N) is 1. The van der Waals surface area contributed by atoms with Crippen LogP contribution in [0, 0.1) is 0 Å². The molecular weight excluding hydrogens is 341 g/mol. The molecule has 110 valence electrons. The quantitative estimate of drug-likeness (QED) is 0.284. The van der Waals surface area contributed by atoms with Crippen LogP contribution < -0.4 is 10.6 Å². The zero-order chi connectivity index (χ0) is 12.9. The zero-order valence-corrected chi connectivity index (χ0v) is 14.6. The van der Waals surface area contributed by atoms with Crippen LogP contribution in [0.4, 0.5) is 0 Å². The van der Waals surface area contributed by atoms with Gasteiger partial charge >= 0.3 is 0 Å². The molecule has 0 amide bonds. The summed E-state index contributed by atoms with van der Waals surface area (Å²) in [4.78, 5) is 4.18. The standard InChI is InChI=1S/C13H29N3O.HI/c1-5-7-10-17-11-8-9-15-13(14-4)16-12(3)6-2;/h12H,5-11H2,1-4H3,(H2,14,15,16);1H. The molecule has 0 aliphatic rings. The molecule has 0 rings (SSSR count). The second kappa shape index (κ2) is 15.0. The van der Waals surface area contributed by atoms with E-state index in [9.17, 15) is 0 Å². The lowest BCUT2D eigenvalue weighted by Gasteiger charge is -2.16. The Balaban J connectivity index is 0. The topological polar surface area (TPSA) is 45.6 Å². The van der Waals surface area contributed by atoms with Crippen molar-refractivity contribution in [3.8, 4) is 0 Å². The van der Waals surface area contributed by atoms with Gasteiger partial charge in [0.05, 0.1) is 0 Å². The number of ether oxygens (including phenoxy) is 1. The number of nitrogens with one attached hydrogen (secondary N) is 2. The maximum absolute atomic E-state index is 5.49. The minimum atomic E-state index is 0. The molecule has 1 atom stereocenters. The lowest BCUT2D eigenvalue weighted by atomic mass is 10.3. The van der Waals surface area contributed by atoms with Gasteiger partial charge in [0.25, 0.3) is 0 Å². The summed E-state index contributed by atoms with van der Waals surface area (Å²) in [6, 6.07) is 0.460. The second-order valence-electron chi connectivity index (χ2n) is 4.27. The highest BCUT2D eigenvalue weighted by Crippen LogP contribution is 1.90. The van der Waals surface area contributed by atoms with E-state index in [1.807, 2.05) is 0 Å². The van der Waals surface area contributed by atoms with Crippen LogP contribution in [0.2, 0.25) is 0 Å². The molecule has 0 spiro atoms. The largest absolute Gasteiger partial charge is 0.381 e. The van der Waals surface area contributed by atoms with E-state index in [-0.39, 0.29) is 24.0 Å². The smallest absolute Gasteiger partial charge is 0.191 e. The van der Waals surface area contributed by atoms with Crippen molar-refractivity contribution in [2.75, 3.05) is 26.8 Å². The Morgan fingerprint density at radius 1 is 1.22 bits per heavy atom. The summed E-state index contributed by atoms with van der Waals surface area (Å²) in [6.07, 6.45) is 4.47. The first-order valence-electron chi connectivity index (χ1n) is 6.79. The van der Waals surface area contributed by atoms with Gasteiger partial charge in [-0.25, -0.2) is 0 Å². The number of hydrogen-bond acceptors (Lipinski definition) is 2. The Morgan fingerprint density at radius 3 is 2.44 bits per heavy atom. The fraction of sp³-hybridized carbons (Fsp3) is 0.923. The van der Waals surface area contributed by atoms with E-state index >= 15 is 0 Å². The first-order chi connectivity index (χ1) is 8.24. The normalized spacial score (nSPS) is 12.8. The van der Waals surface area contributed by atoms with Crippen molar-refractivity contribution in [2.24, 2.45) is 4.99 Å². The predicted molar refractivity (Wildman–Crippen MR) is 90.0 cm³/mol. The molecule has 0 saturated carbocycles. The maximum atomic E-state index is 5.49. The van der Waals surface area contributed by atoms with E-state index in [4.69, 9.17) is 4.74 Å². The van der Waals surface area contributed by atoms with Crippen molar-refractivity contribution >= 4 is 29.9 Å². The minimum Gasteiger partial charge on any atom is -0.381 e. The van der Waals surface area contributed by atoms with Crippen molar-refractivity contribution in [1.29, 1.82) is 0 Å². The molecule has 0 aromatic heterocycles. The fourth-order valence-corrected chi connectivity index (χ4v) is 1.26. The lowest BCUT2D eigenvalue weighted by molar-refractivity contribution is 0.129. The molecule has 4 nitrogen and oxygen atoms in total. The molecule has 0 saturated heterocycles. The fourth-order valence-electron chi connectivity index (χ4n) is 1.26. The first-order valence-corrected chi connectivity index (χ1v) is 6.79. The predicted octanol–water partition coefficient (Wildman–Crippen LogP) is 2.77. The van der Waals surface area contributed by atoms with Gasteiger partial charge in [-0.3, -0.25) is 4.99 Å². The van der Waals surface area contributed by atoms with E-state index in [0.717, 1.165) is 45.0 Å². The van der Waals surface area contributed by atoms with Gasteiger partial charge in [-0.1, -0.05) is 20.3 Å². The van der Waals surface area contributed by atoms with Crippen LogP contribution in [-0.4, -0.2) is 38.8 Å². The third kappa shape index (κ3) is 12.4. The molecule has 0 heterocycles. The number of guanidine groups is 1. The summed E-state index contributed by atoms with van der Waals surface area (Å²) in [7, 11) is 1.80. The summed E-state index contributed by atoms with van der Waals surface area (Å²) in [5, 5.41) is 6.61. The Labute approximate surface area is 129 Å². The summed E-state index contributed by atoms with van der Waals surface area (Å²) >= 11 is 0. The molecule has 2 N–H and O–H groups in total. The zero-order valence-electron chi connectivity index (χ0n) is 12.3. The van der Waals surface area contributed by atoms with Crippen molar-refractivity contribution < 1.29 is 4.74 Å². The minimum absolute atomic E-state index is 0. The van der Waals surface area contributed by atoms with Gasteiger partial charge in [-0.15, -0.1) is 24.0 Å². The van der Waals surface area contributed by atoms with Crippen LogP contribution in [0.15, 0.2) is 4.99 Å². The van der Waals surface area contributed by atoms with Crippen molar-refractivity contribution in [2.45, 2.75) is 52.5 Å². The highest BCUT2D eigenvalue weighted by molar-refractivity contribution is 14.0. The van der Waals surface area contributed by atoms with Crippen LogP contribution in [0.1, 0.15) is 46.5 Å². The van der Waals surface area contributed by atoms with Gasteiger partial charge in [0.2, 0.25) is 0 Å². The number of rotatable bonds is 9. The average molecular weight is 371 g/mol. The lowest BCUT2D eigenvalue weighted by Crippen LogP contribution is -2.42. The van der Waals surface area contributed by atoms with E-state index in [0.29, 0.717) is 6.04 Å². The number of hydrogen-bond donors (Lipinski definition) is 2. The third-order valence-electron chi connectivity index (χ3n) is 2.62. The van der Waals surface area contributed by atoms with Crippen molar-refractivity contribution in [3.05, 3.63) is 0 Å². The average Bonchev–Trinajstić information content (AvgIpc) is 2.35. The van der Waals surface area contributed by atoms with Crippen LogP contribution in [0.3, 0.4) is 0 Å². The van der Waals surface area contributed by atoms with E-state index in [2.05, 4.69) is 36.4 Å². The number of halogens is 1. The van der Waals surface area contributed by atoms with Crippen LogP contribution >= 0.6 is 24.0 Å². The van der Waals surface area contributed by atoms with E-state index in [1.54, 1.807) is 7.05 Å². The molecule has 0 aliphatic carbocycles. The Kier molecular flexibility index (Phi) is 16.9. The molecular formula is C13H30IN3O. The van der Waals surface area contributed by atoms with Gasteiger partial charge in [0, 0.05) is 32.8 Å². The van der Waals surface area contributed by atoms with Crippen molar-refractivity contribution in [1.82, 2.24) is 10.6 Å². The Hall–Kier alpha value is -0.0400. The number of unbranched alkanes of at least 4 members (excludes halogenated alkanes) is 1. The van der Waals surface area contributed by atoms with Gasteiger partial charge in [-0.05, 0) is 26.2 Å². The number of aliphatic imine (C=N–C) groups is 1. The van der Waals surface area contributed by atoms with Gasteiger partial charge in [0.1, 0.15) is 0 Å². The summed E-state index contributed by atoms with van der Waals surface area (Å²) < 4.78 is 5.49. The van der Waals surface area contributed by atoms with Crippen molar-refractivity contribution in [3.63, 3.8) is 0 Å². The van der Waals surface area contributed by atoms with Crippen LogP contribution in [0.25, 0.3) is 0 Å². The Morgan fingerprint density at radius 2 is 1.89 bits per heavy atom. The Bertz CT molecular complexity index is 201. The second-order valence-corrected chi connectivity index (χ2v) is 4.27. The molecule has 0 bridgehead atoms. The molecule has 0 fully saturated rings. The third-order valence-corrected chi connectivity index (χ3v) is 2.62. The first kappa shape index (κ1) is 20.3. The maximum Gasteiger partial charge on any atom is 0.191 e. The summed E-state index contributed by atoms with van der Waals surface area (Å²) in [5.41, 5.74) is 0. The SMILES string of the molecule is CCCCOCCCNC(=NC)NC(C)CC.I. The molecule has 18 heavy (non-hydrogen) atoms.